The van der Waals surface area contributed by atoms with E-state index in [2.05, 4.69) is 29.6 Å². The summed E-state index contributed by atoms with van der Waals surface area (Å²) in [6.45, 7) is 4.54. The first-order valence-electron chi connectivity index (χ1n) is 5.32. The van der Waals surface area contributed by atoms with Crippen LogP contribution in [0.3, 0.4) is 0 Å². The Hall–Kier alpha value is -1.47. The molecule has 17 heavy (non-hydrogen) atoms. The van der Waals surface area contributed by atoms with E-state index in [1.54, 1.807) is 17.8 Å². The molecule has 1 amide bonds. The van der Waals surface area contributed by atoms with Crippen LogP contribution in [0.25, 0.3) is 0 Å². The van der Waals surface area contributed by atoms with Crippen molar-refractivity contribution in [3.63, 3.8) is 0 Å². The minimum Gasteiger partial charge on any atom is -0.343 e. The molecule has 0 atom stereocenters. The van der Waals surface area contributed by atoms with Crippen LogP contribution in [0.5, 0.6) is 0 Å². The lowest BCUT2D eigenvalue weighted by Crippen LogP contribution is -2.35. The van der Waals surface area contributed by atoms with Gasteiger partial charge in [-0.15, -0.1) is 11.8 Å². The predicted octanol–water partition coefficient (Wildman–Crippen LogP) is 2.33. The smallest absolute Gasteiger partial charge is 0.322 e. The summed E-state index contributed by atoms with van der Waals surface area (Å²) in [5.41, 5.74) is 0.970. The van der Waals surface area contributed by atoms with Crippen LogP contribution >= 0.6 is 11.8 Å². The van der Waals surface area contributed by atoms with Gasteiger partial charge in [-0.3, -0.25) is 4.79 Å². The van der Waals surface area contributed by atoms with Crippen molar-refractivity contribution >= 4 is 17.7 Å². The summed E-state index contributed by atoms with van der Waals surface area (Å²) in [6.07, 6.45) is 2.04. The van der Waals surface area contributed by atoms with Crippen LogP contribution in [0, 0.1) is 11.3 Å². The van der Waals surface area contributed by atoms with Gasteiger partial charge in [0.25, 0.3) is 0 Å². The lowest BCUT2D eigenvalue weighted by atomic mass is 9.84. The summed E-state index contributed by atoms with van der Waals surface area (Å²) in [5, 5.41) is 11.0. The van der Waals surface area contributed by atoms with Gasteiger partial charge in [0, 0.05) is 16.9 Å². The Kier molecular flexibility index (Phi) is 4.59. The first-order chi connectivity index (χ1) is 7.99. The number of thioether (sulfide) groups is 1. The molecule has 3 nitrogen and oxygen atoms in total. The highest BCUT2D eigenvalue weighted by molar-refractivity contribution is 7.98. The second kappa shape index (κ2) is 5.74. The number of hydrogen-bond donors (Lipinski definition) is 1. The average molecular weight is 248 g/mol. The molecule has 0 bridgehead atoms. The Morgan fingerprint density at radius 2 is 2.00 bits per heavy atom. The van der Waals surface area contributed by atoms with Crippen molar-refractivity contribution in [3.8, 4) is 6.07 Å². The van der Waals surface area contributed by atoms with Gasteiger partial charge in [-0.2, -0.15) is 5.26 Å². The maximum Gasteiger partial charge on any atom is 0.322 e. The number of carbonyl (C=O) groups is 1. The van der Waals surface area contributed by atoms with E-state index in [9.17, 15) is 4.79 Å². The molecule has 0 aromatic heterocycles. The van der Waals surface area contributed by atoms with Crippen molar-refractivity contribution in [2.24, 2.45) is 0 Å². The topological polar surface area (TPSA) is 52.9 Å². The fraction of sp³-hybridized carbons (Fsp3) is 0.385. The molecule has 4 heteroatoms. The molecule has 0 saturated heterocycles. The standard InChI is InChI=1S/C13H16N2OS/c1-13(2,9-15-12(16)8-14)10-4-6-11(17-3)7-5-10/h4-7H,9H2,1-3H3,(H,15,16). The Morgan fingerprint density at radius 3 is 2.47 bits per heavy atom. The molecule has 0 radical (unpaired) electrons. The molecule has 0 aliphatic carbocycles. The molecular formula is C13H16N2OS. The normalized spacial score (nSPS) is 10.7. The number of nitrogens with one attached hydrogen (secondary N) is 1. The Bertz CT molecular complexity index is 432. The van der Waals surface area contributed by atoms with Crippen molar-refractivity contribution in [3.05, 3.63) is 29.8 Å². The molecule has 0 aliphatic rings. The number of nitriles is 1. The largest absolute Gasteiger partial charge is 0.343 e. The predicted molar refractivity (Wildman–Crippen MR) is 69.9 cm³/mol. The number of nitrogens with zero attached hydrogens (tertiary/aromatic N) is 1. The van der Waals surface area contributed by atoms with Gasteiger partial charge in [-0.1, -0.05) is 26.0 Å². The van der Waals surface area contributed by atoms with Crippen LogP contribution < -0.4 is 5.32 Å². The van der Waals surface area contributed by atoms with Crippen LogP contribution in [-0.2, 0) is 10.2 Å². The molecule has 1 aromatic rings. The minimum atomic E-state index is -0.584. The maximum absolute atomic E-state index is 10.9. The van der Waals surface area contributed by atoms with Gasteiger partial charge in [0.1, 0.15) is 0 Å². The van der Waals surface area contributed by atoms with Gasteiger partial charge in [-0.05, 0) is 24.0 Å². The number of rotatable bonds is 4. The molecule has 0 unspecified atom stereocenters. The van der Waals surface area contributed by atoms with E-state index in [0.717, 1.165) is 5.56 Å². The first-order valence-corrected chi connectivity index (χ1v) is 6.54. The van der Waals surface area contributed by atoms with Crippen molar-refractivity contribution in [2.75, 3.05) is 12.8 Å². The third-order valence-electron chi connectivity index (χ3n) is 2.66. The van der Waals surface area contributed by atoms with Gasteiger partial charge in [0.05, 0.1) is 0 Å². The highest BCUT2D eigenvalue weighted by atomic mass is 32.2. The van der Waals surface area contributed by atoms with Crippen LogP contribution in [0.2, 0.25) is 0 Å². The van der Waals surface area contributed by atoms with Crippen LogP contribution in [0.1, 0.15) is 19.4 Å². The minimum absolute atomic E-state index is 0.177. The summed E-state index contributed by atoms with van der Waals surface area (Å²) < 4.78 is 0. The van der Waals surface area contributed by atoms with Gasteiger partial charge < -0.3 is 5.32 Å². The molecule has 0 aliphatic heterocycles. The molecule has 0 heterocycles. The second-order valence-electron chi connectivity index (χ2n) is 4.41. The van der Waals surface area contributed by atoms with E-state index >= 15 is 0 Å². The quantitative estimate of drug-likeness (QED) is 0.657. The summed E-state index contributed by atoms with van der Waals surface area (Å²) in [6, 6.07) is 9.80. The molecule has 0 fully saturated rings. The van der Waals surface area contributed by atoms with E-state index < -0.39 is 5.91 Å². The number of hydrogen-bond acceptors (Lipinski definition) is 3. The summed E-state index contributed by atoms with van der Waals surface area (Å²) in [5.74, 6) is -0.584. The van der Waals surface area contributed by atoms with E-state index in [1.807, 2.05) is 20.1 Å². The fourth-order valence-corrected chi connectivity index (χ4v) is 1.89. The van der Waals surface area contributed by atoms with Gasteiger partial charge in [0.2, 0.25) is 0 Å². The zero-order chi connectivity index (χ0) is 12.9. The molecule has 1 rings (SSSR count). The Balaban J connectivity index is 2.75. The zero-order valence-corrected chi connectivity index (χ0v) is 11.1. The molecular weight excluding hydrogens is 232 g/mol. The van der Waals surface area contributed by atoms with Crippen LogP contribution in [-0.4, -0.2) is 18.7 Å². The van der Waals surface area contributed by atoms with Gasteiger partial charge in [-0.25, -0.2) is 0 Å². The summed E-state index contributed by atoms with van der Waals surface area (Å²) in [7, 11) is 0. The molecule has 90 valence electrons. The van der Waals surface area contributed by atoms with Crippen molar-refractivity contribution in [2.45, 2.75) is 24.2 Å². The van der Waals surface area contributed by atoms with Crippen molar-refractivity contribution < 1.29 is 4.79 Å². The third-order valence-corrected chi connectivity index (χ3v) is 3.41. The lowest BCUT2D eigenvalue weighted by Gasteiger charge is -2.25. The Labute approximate surface area is 106 Å². The molecule has 0 saturated carbocycles. The van der Waals surface area contributed by atoms with Crippen molar-refractivity contribution in [1.82, 2.24) is 5.32 Å². The fourth-order valence-electron chi connectivity index (χ4n) is 1.49. The van der Waals surface area contributed by atoms with E-state index in [4.69, 9.17) is 5.26 Å². The third kappa shape index (κ3) is 3.79. The van der Waals surface area contributed by atoms with E-state index in [0.29, 0.717) is 6.54 Å². The first kappa shape index (κ1) is 13.6. The lowest BCUT2D eigenvalue weighted by molar-refractivity contribution is -0.116. The molecule has 0 spiro atoms. The van der Waals surface area contributed by atoms with E-state index in [-0.39, 0.29) is 5.41 Å². The van der Waals surface area contributed by atoms with Crippen LogP contribution in [0.4, 0.5) is 0 Å². The second-order valence-corrected chi connectivity index (χ2v) is 5.29. The van der Waals surface area contributed by atoms with Crippen LogP contribution in [0.15, 0.2) is 29.2 Å². The van der Waals surface area contributed by atoms with Gasteiger partial charge >= 0.3 is 5.91 Å². The molecule has 1 N–H and O–H groups in total. The van der Waals surface area contributed by atoms with Crippen molar-refractivity contribution in [1.29, 1.82) is 5.26 Å². The SMILES string of the molecule is CSc1ccc(C(C)(C)CNC(=O)C#N)cc1. The Morgan fingerprint density at radius 1 is 1.41 bits per heavy atom. The zero-order valence-electron chi connectivity index (χ0n) is 10.3. The monoisotopic (exact) mass is 248 g/mol. The highest BCUT2D eigenvalue weighted by Crippen LogP contribution is 2.24. The number of carbonyl (C=O) groups excluding carboxylic acids is 1. The van der Waals surface area contributed by atoms with E-state index in [1.165, 1.54) is 4.90 Å². The number of benzene rings is 1. The number of amides is 1. The molecule has 1 aromatic carbocycles. The summed E-state index contributed by atoms with van der Waals surface area (Å²) >= 11 is 1.70. The highest BCUT2D eigenvalue weighted by Gasteiger charge is 2.21. The average Bonchev–Trinajstić information content (AvgIpc) is 2.36. The maximum atomic E-state index is 10.9. The van der Waals surface area contributed by atoms with Gasteiger partial charge in [0.15, 0.2) is 6.07 Å². The summed E-state index contributed by atoms with van der Waals surface area (Å²) in [4.78, 5) is 12.1.